The van der Waals surface area contributed by atoms with Gasteiger partial charge in [0, 0.05) is 24.1 Å². The predicted molar refractivity (Wildman–Crippen MR) is 118 cm³/mol. The predicted octanol–water partition coefficient (Wildman–Crippen LogP) is 4.18. The fourth-order valence-electron chi connectivity index (χ4n) is 6.20. The lowest BCUT2D eigenvalue weighted by Crippen LogP contribution is -2.57. The van der Waals surface area contributed by atoms with E-state index in [9.17, 15) is 9.18 Å². The van der Waals surface area contributed by atoms with Crippen LogP contribution in [0.3, 0.4) is 0 Å². The molecule has 2 bridgehead atoms. The molecule has 0 radical (unpaired) electrons. The van der Waals surface area contributed by atoms with E-state index >= 15 is 0 Å². The number of nitrogens with zero attached hydrogens (tertiary/aromatic N) is 2. The fourth-order valence-corrected chi connectivity index (χ4v) is 6.20. The van der Waals surface area contributed by atoms with Crippen LogP contribution in [0.2, 0.25) is 0 Å². The lowest BCUT2D eigenvalue weighted by Gasteiger charge is -2.47. The molecule has 1 amide bonds. The van der Waals surface area contributed by atoms with Gasteiger partial charge in [0.25, 0.3) is 0 Å². The third kappa shape index (κ3) is 3.58. The molecule has 0 aliphatic carbocycles. The molecule has 4 nitrogen and oxygen atoms in total. The van der Waals surface area contributed by atoms with Crippen molar-refractivity contribution in [1.82, 2.24) is 4.90 Å². The normalized spacial score (nSPS) is 31.8. The Morgan fingerprint density at radius 3 is 2.65 bits per heavy atom. The van der Waals surface area contributed by atoms with Crippen molar-refractivity contribution < 1.29 is 18.4 Å². The highest BCUT2D eigenvalue weighted by Gasteiger charge is 2.47. The molecule has 0 spiro atoms. The highest BCUT2D eigenvalue weighted by molar-refractivity contribution is 5.70. The van der Waals surface area contributed by atoms with Gasteiger partial charge in [-0.1, -0.05) is 24.3 Å². The van der Waals surface area contributed by atoms with E-state index in [1.807, 2.05) is 12.1 Å². The van der Waals surface area contributed by atoms with E-state index in [1.54, 1.807) is 12.1 Å². The van der Waals surface area contributed by atoms with Gasteiger partial charge in [-0.2, -0.15) is 0 Å². The van der Waals surface area contributed by atoms with Crippen LogP contribution in [0.4, 0.5) is 4.39 Å². The van der Waals surface area contributed by atoms with Gasteiger partial charge in [0.05, 0.1) is 27.1 Å². The Balaban J connectivity index is 1.51. The fraction of sp³-hybridized carbons (Fsp3) is 0.500. The van der Waals surface area contributed by atoms with Crippen molar-refractivity contribution in [2.75, 3.05) is 40.3 Å². The van der Waals surface area contributed by atoms with E-state index in [4.69, 9.17) is 4.74 Å². The van der Waals surface area contributed by atoms with Crippen molar-refractivity contribution in [2.45, 2.75) is 31.7 Å². The molecule has 3 atom stereocenters. The molecule has 2 aromatic rings. The molecule has 0 N–H and O–H groups in total. The first-order chi connectivity index (χ1) is 15.0. The van der Waals surface area contributed by atoms with E-state index < -0.39 is 0 Å². The second kappa shape index (κ2) is 8.03. The number of halogens is 1. The van der Waals surface area contributed by atoms with Crippen LogP contribution in [0.15, 0.2) is 42.5 Å². The number of quaternary nitrogens is 1. The number of ether oxygens (including phenoxy) is 1. The number of rotatable bonds is 4. The Hall–Kier alpha value is -2.24. The third-order valence-corrected chi connectivity index (χ3v) is 8.05. The van der Waals surface area contributed by atoms with Gasteiger partial charge in [-0.15, -0.1) is 0 Å². The van der Waals surface area contributed by atoms with Crippen LogP contribution < -0.4 is 4.74 Å². The second-order valence-corrected chi connectivity index (χ2v) is 9.73. The van der Waals surface area contributed by atoms with Crippen LogP contribution in [0, 0.1) is 17.7 Å². The van der Waals surface area contributed by atoms with E-state index in [1.165, 1.54) is 38.6 Å². The monoisotopic (exact) mass is 423 g/mol. The summed E-state index contributed by atoms with van der Waals surface area (Å²) in [4.78, 5) is 16.4. The molecule has 0 aromatic heterocycles. The van der Waals surface area contributed by atoms with Crippen LogP contribution >= 0.6 is 0 Å². The largest absolute Gasteiger partial charge is 0.494 e. The van der Waals surface area contributed by atoms with Gasteiger partial charge in [0.15, 0.2) is 11.6 Å². The number of carbonyl (C=O) groups is 1. The minimum Gasteiger partial charge on any atom is -0.494 e. The highest BCUT2D eigenvalue weighted by atomic mass is 19.1. The average Bonchev–Trinajstić information content (AvgIpc) is 2.79. The molecule has 3 saturated heterocycles. The molecule has 31 heavy (non-hydrogen) atoms. The molecular formula is C26H32FN2O2+. The maximum absolute atomic E-state index is 14.7. The summed E-state index contributed by atoms with van der Waals surface area (Å²) in [6.07, 6.45) is 3.93. The first-order valence-electron chi connectivity index (χ1n) is 11.5. The maximum Gasteiger partial charge on any atom is 0.314 e. The number of hydrogen-bond donors (Lipinski definition) is 0. The van der Waals surface area contributed by atoms with Crippen LogP contribution in [-0.4, -0.2) is 55.6 Å². The summed E-state index contributed by atoms with van der Waals surface area (Å²) in [5.74, 6) is 1.28. The van der Waals surface area contributed by atoms with Gasteiger partial charge in [0.1, 0.15) is 6.04 Å². The summed E-state index contributed by atoms with van der Waals surface area (Å²) in [7, 11) is 3.54. The van der Waals surface area contributed by atoms with Crippen LogP contribution in [-0.2, 0) is 11.2 Å². The first kappa shape index (κ1) is 20.7. The molecular weight excluding hydrogens is 391 g/mol. The Labute approximate surface area is 184 Å². The molecule has 5 heteroatoms. The van der Waals surface area contributed by atoms with Crippen LogP contribution in [0.5, 0.6) is 5.75 Å². The van der Waals surface area contributed by atoms with E-state index in [0.717, 1.165) is 30.6 Å². The number of amides is 1. The zero-order valence-corrected chi connectivity index (χ0v) is 18.5. The molecule has 2 aromatic carbocycles. The van der Waals surface area contributed by atoms with Crippen molar-refractivity contribution in [1.29, 1.82) is 0 Å². The summed E-state index contributed by atoms with van der Waals surface area (Å²) in [6, 6.07) is 13.3. The molecule has 3 fully saturated rings. The van der Waals surface area contributed by atoms with Crippen LogP contribution in [0.1, 0.15) is 42.0 Å². The second-order valence-electron chi connectivity index (χ2n) is 9.73. The summed E-state index contributed by atoms with van der Waals surface area (Å²) in [5, 5.41) is 0. The zero-order chi connectivity index (χ0) is 21.6. The standard InChI is InChI=1S/C26H32FN2O2/c1-29(25(30)16-21-17-28-12-9-18(21)10-13-28)14-11-19-5-3-4-6-22(19)26(29)20-7-8-24(31-2)23(27)15-20/h3-8,15,18,21,26H,9-14,16-17H2,1-2H3/q+1/t21-,26+,29-/m1/s1. The number of piperidine rings is 3. The van der Waals surface area contributed by atoms with Gasteiger partial charge in [0.2, 0.25) is 0 Å². The Morgan fingerprint density at radius 2 is 1.97 bits per heavy atom. The molecule has 4 aliphatic heterocycles. The molecule has 0 saturated carbocycles. The third-order valence-electron chi connectivity index (χ3n) is 8.05. The maximum atomic E-state index is 14.7. The van der Waals surface area contributed by atoms with Gasteiger partial charge in [-0.05, 0) is 61.5 Å². The van der Waals surface area contributed by atoms with Crippen molar-refractivity contribution >= 4 is 5.91 Å². The molecule has 6 rings (SSSR count). The van der Waals surface area contributed by atoms with Gasteiger partial charge >= 0.3 is 5.91 Å². The van der Waals surface area contributed by atoms with E-state index in [0.29, 0.717) is 22.7 Å². The minimum atomic E-state index is -0.376. The van der Waals surface area contributed by atoms with E-state index in [2.05, 4.69) is 30.1 Å². The molecule has 4 aliphatic rings. The summed E-state index contributed by atoms with van der Waals surface area (Å²) < 4.78 is 20.1. The number of likely N-dealkylation sites (N-methyl/N-ethyl adjacent to an activating group) is 1. The molecule has 0 unspecified atom stereocenters. The van der Waals surface area contributed by atoms with Crippen molar-refractivity contribution in [3.8, 4) is 5.75 Å². The van der Waals surface area contributed by atoms with Crippen molar-refractivity contribution in [2.24, 2.45) is 11.8 Å². The topological polar surface area (TPSA) is 29.5 Å². The van der Waals surface area contributed by atoms with Crippen LogP contribution in [0.25, 0.3) is 0 Å². The zero-order valence-electron chi connectivity index (χ0n) is 18.5. The van der Waals surface area contributed by atoms with Crippen molar-refractivity contribution in [3.63, 3.8) is 0 Å². The van der Waals surface area contributed by atoms with E-state index in [-0.39, 0.29) is 23.5 Å². The highest BCUT2D eigenvalue weighted by Crippen LogP contribution is 2.43. The van der Waals surface area contributed by atoms with Gasteiger partial charge in [-0.25, -0.2) is 9.18 Å². The first-order valence-corrected chi connectivity index (χ1v) is 11.5. The SMILES string of the molecule is COc1ccc([C@H]2c3ccccc3CC[N@+]2(C)C(=O)C[C@@H]2CN3CCC2CC3)cc1F. The summed E-state index contributed by atoms with van der Waals surface area (Å²) in [5.41, 5.74) is 3.24. The quantitative estimate of drug-likeness (QED) is 0.691. The molecule has 4 heterocycles. The average molecular weight is 424 g/mol. The Bertz CT molecular complexity index is 985. The smallest absolute Gasteiger partial charge is 0.314 e. The Morgan fingerprint density at radius 1 is 1.19 bits per heavy atom. The number of hydrogen-bond acceptors (Lipinski definition) is 3. The lowest BCUT2D eigenvalue weighted by atomic mass is 9.76. The van der Waals surface area contributed by atoms with Crippen molar-refractivity contribution in [3.05, 3.63) is 65.0 Å². The summed E-state index contributed by atoms with van der Waals surface area (Å²) >= 11 is 0. The number of benzene rings is 2. The van der Waals surface area contributed by atoms with Gasteiger partial charge < -0.3 is 9.64 Å². The number of carbonyl (C=O) groups excluding carboxylic acids is 1. The number of methoxy groups -OCH3 is 1. The Kier molecular flexibility index (Phi) is 5.35. The molecule has 164 valence electrons. The summed E-state index contributed by atoms with van der Waals surface area (Å²) in [6.45, 7) is 4.16. The number of fused-ring (bicyclic) bond motifs is 4. The van der Waals surface area contributed by atoms with Gasteiger partial charge in [-0.3, -0.25) is 4.48 Å². The minimum absolute atomic E-state index is 0.195. The lowest BCUT2D eigenvalue weighted by molar-refractivity contribution is -0.863.